The average Bonchev–Trinajstić information content (AvgIpc) is 3.21. The highest BCUT2D eigenvalue weighted by atomic mass is 15.0. The summed E-state index contributed by atoms with van der Waals surface area (Å²) >= 11 is 0. The summed E-state index contributed by atoms with van der Waals surface area (Å²) in [6, 6.07) is 2.45. The Morgan fingerprint density at radius 2 is 2.21 bits per heavy atom. The van der Waals surface area contributed by atoms with Gasteiger partial charge in [-0.1, -0.05) is 38.5 Å². The van der Waals surface area contributed by atoms with Gasteiger partial charge in [0, 0.05) is 7.05 Å². The van der Waals surface area contributed by atoms with E-state index >= 15 is 0 Å². The third kappa shape index (κ3) is 2.98. The molecule has 0 amide bonds. The monoisotopic (exact) mass is 321 g/mol. The fourth-order valence-corrected chi connectivity index (χ4v) is 4.25. The molecule has 2 aliphatic carbocycles. The summed E-state index contributed by atoms with van der Waals surface area (Å²) in [5.74, 6) is 1.86. The smallest absolute Gasteiger partial charge is 0.101 e. The molecular weight excluding hydrogens is 294 g/mol. The maximum Gasteiger partial charge on any atom is 0.101 e. The van der Waals surface area contributed by atoms with Crippen molar-refractivity contribution in [3.63, 3.8) is 0 Å². The van der Waals surface area contributed by atoms with E-state index in [4.69, 9.17) is 0 Å². The van der Waals surface area contributed by atoms with Crippen LogP contribution in [0.1, 0.15) is 52.1 Å². The van der Waals surface area contributed by atoms with Gasteiger partial charge in [0.15, 0.2) is 0 Å². The quantitative estimate of drug-likeness (QED) is 0.728. The zero-order chi connectivity index (χ0) is 17.3. The van der Waals surface area contributed by atoms with E-state index in [1.165, 1.54) is 12.0 Å². The van der Waals surface area contributed by atoms with Crippen LogP contribution in [0.25, 0.3) is 5.57 Å². The molecule has 1 saturated carbocycles. The molecule has 0 radical (unpaired) electrons. The average molecular weight is 321 g/mol. The zero-order valence-electron chi connectivity index (χ0n) is 15.2. The fraction of sp³-hybridized carbons (Fsp3) is 0.524. The Morgan fingerprint density at radius 1 is 1.42 bits per heavy atom. The van der Waals surface area contributed by atoms with Crippen molar-refractivity contribution in [2.24, 2.45) is 24.8 Å². The van der Waals surface area contributed by atoms with Gasteiger partial charge < -0.3 is 4.57 Å². The number of fused-ring (bicyclic) bond motifs is 1. The number of nitriles is 1. The molecule has 2 aliphatic rings. The largest absolute Gasteiger partial charge is 0.333 e. The lowest BCUT2D eigenvalue weighted by Crippen LogP contribution is -2.01. The van der Waals surface area contributed by atoms with Crippen molar-refractivity contribution >= 4 is 5.57 Å². The minimum atomic E-state index is 0.579. The van der Waals surface area contributed by atoms with Gasteiger partial charge in [-0.25, -0.2) is 4.98 Å². The lowest BCUT2D eigenvalue weighted by molar-refractivity contribution is 0.482. The van der Waals surface area contributed by atoms with Crippen molar-refractivity contribution < 1.29 is 0 Å². The van der Waals surface area contributed by atoms with Gasteiger partial charge in [0.1, 0.15) is 6.07 Å². The number of aryl methyl sites for hydroxylation is 1. The van der Waals surface area contributed by atoms with Crippen LogP contribution in [0.3, 0.4) is 0 Å². The van der Waals surface area contributed by atoms with Gasteiger partial charge in [0.2, 0.25) is 0 Å². The Bertz CT molecular complexity index is 752. The fourth-order valence-electron chi connectivity index (χ4n) is 4.25. The van der Waals surface area contributed by atoms with Crippen molar-refractivity contribution in [2.45, 2.75) is 46.5 Å². The number of aromatic nitrogens is 2. The van der Waals surface area contributed by atoms with Crippen LogP contribution in [0.4, 0.5) is 0 Å². The molecule has 0 N–H and O–H groups in total. The molecule has 0 aromatic carbocycles. The van der Waals surface area contributed by atoms with Crippen molar-refractivity contribution in [3.05, 3.63) is 47.1 Å². The molecule has 0 bridgehead atoms. The SMILES string of the molecule is CCC1=C(/C=C\C(C)C)C2C/C(=C(\C#N)c3cncn3C)CC2C1. The molecule has 3 rings (SSSR count). The van der Waals surface area contributed by atoms with Gasteiger partial charge in [-0.15, -0.1) is 0 Å². The van der Waals surface area contributed by atoms with Gasteiger partial charge in [0.05, 0.1) is 23.8 Å². The number of allylic oxidation sites excluding steroid dienone is 6. The van der Waals surface area contributed by atoms with Crippen LogP contribution >= 0.6 is 0 Å². The normalized spacial score (nSPS) is 25.7. The van der Waals surface area contributed by atoms with Gasteiger partial charge in [-0.3, -0.25) is 0 Å². The first-order valence-corrected chi connectivity index (χ1v) is 9.04. The van der Waals surface area contributed by atoms with E-state index in [9.17, 15) is 5.26 Å². The molecule has 1 heterocycles. The summed E-state index contributed by atoms with van der Waals surface area (Å²) in [5.41, 5.74) is 6.29. The lowest BCUT2D eigenvalue weighted by Gasteiger charge is -2.11. The predicted octanol–water partition coefficient (Wildman–Crippen LogP) is 5.05. The van der Waals surface area contributed by atoms with Crippen molar-refractivity contribution in [2.75, 3.05) is 0 Å². The maximum atomic E-state index is 9.71. The van der Waals surface area contributed by atoms with Crippen molar-refractivity contribution in [1.29, 1.82) is 5.26 Å². The Balaban J connectivity index is 1.93. The number of rotatable bonds is 4. The molecule has 2 atom stereocenters. The van der Waals surface area contributed by atoms with Crippen LogP contribution in [0.15, 0.2) is 41.4 Å². The molecule has 2 unspecified atom stereocenters. The summed E-state index contributed by atoms with van der Waals surface area (Å²) in [5, 5.41) is 9.71. The molecule has 3 nitrogen and oxygen atoms in total. The number of hydrogen-bond donors (Lipinski definition) is 0. The summed E-state index contributed by atoms with van der Waals surface area (Å²) < 4.78 is 1.95. The Kier molecular flexibility index (Phi) is 4.76. The van der Waals surface area contributed by atoms with Crippen LogP contribution in [-0.2, 0) is 7.05 Å². The van der Waals surface area contributed by atoms with E-state index in [0.717, 1.165) is 30.5 Å². The van der Waals surface area contributed by atoms with E-state index in [1.54, 1.807) is 17.5 Å². The highest BCUT2D eigenvalue weighted by molar-refractivity contribution is 5.78. The molecule has 1 aromatic rings. The second kappa shape index (κ2) is 6.81. The van der Waals surface area contributed by atoms with Crippen molar-refractivity contribution in [1.82, 2.24) is 9.55 Å². The Hall–Kier alpha value is -2.08. The summed E-state index contributed by atoms with van der Waals surface area (Å²) in [7, 11) is 1.96. The van der Waals surface area contributed by atoms with E-state index < -0.39 is 0 Å². The zero-order valence-corrected chi connectivity index (χ0v) is 15.2. The van der Waals surface area contributed by atoms with E-state index in [2.05, 4.69) is 44.0 Å². The molecule has 0 saturated heterocycles. The van der Waals surface area contributed by atoms with Crippen LogP contribution in [0.5, 0.6) is 0 Å². The molecule has 3 heteroatoms. The first-order chi connectivity index (χ1) is 11.5. The van der Waals surface area contributed by atoms with Crippen LogP contribution in [-0.4, -0.2) is 9.55 Å². The van der Waals surface area contributed by atoms with Crippen LogP contribution in [0.2, 0.25) is 0 Å². The topological polar surface area (TPSA) is 41.6 Å². The minimum Gasteiger partial charge on any atom is -0.333 e. The second-order valence-electron chi connectivity index (χ2n) is 7.47. The highest BCUT2D eigenvalue weighted by Gasteiger charge is 2.39. The lowest BCUT2D eigenvalue weighted by atomic mass is 9.93. The number of hydrogen-bond acceptors (Lipinski definition) is 2. The predicted molar refractivity (Wildman–Crippen MR) is 97.9 cm³/mol. The van der Waals surface area contributed by atoms with Gasteiger partial charge in [0.25, 0.3) is 0 Å². The number of nitrogens with zero attached hydrogens (tertiary/aromatic N) is 3. The molecule has 1 fully saturated rings. The van der Waals surface area contributed by atoms with Gasteiger partial charge in [-0.2, -0.15) is 5.26 Å². The van der Waals surface area contributed by atoms with E-state index in [0.29, 0.717) is 17.8 Å². The Labute approximate surface area is 145 Å². The first kappa shape index (κ1) is 16.8. The van der Waals surface area contributed by atoms with E-state index in [-0.39, 0.29) is 0 Å². The summed E-state index contributed by atoms with van der Waals surface area (Å²) in [6.45, 7) is 6.73. The minimum absolute atomic E-state index is 0.579. The van der Waals surface area contributed by atoms with Gasteiger partial charge >= 0.3 is 0 Å². The van der Waals surface area contributed by atoms with Crippen LogP contribution < -0.4 is 0 Å². The first-order valence-electron chi connectivity index (χ1n) is 9.04. The summed E-state index contributed by atoms with van der Waals surface area (Å²) in [6.07, 6.45) is 12.7. The summed E-state index contributed by atoms with van der Waals surface area (Å²) in [4.78, 5) is 4.18. The molecular formula is C21H27N3. The van der Waals surface area contributed by atoms with Crippen LogP contribution in [0, 0.1) is 29.1 Å². The molecule has 0 spiro atoms. The maximum absolute atomic E-state index is 9.71. The van der Waals surface area contributed by atoms with Crippen molar-refractivity contribution in [3.8, 4) is 6.07 Å². The number of imidazole rings is 1. The molecule has 126 valence electrons. The Morgan fingerprint density at radius 3 is 2.79 bits per heavy atom. The molecule has 1 aromatic heterocycles. The third-order valence-corrected chi connectivity index (χ3v) is 5.49. The van der Waals surface area contributed by atoms with E-state index in [1.807, 2.05) is 17.8 Å². The molecule has 24 heavy (non-hydrogen) atoms. The van der Waals surface area contributed by atoms with Gasteiger partial charge in [-0.05, 0) is 54.6 Å². The third-order valence-electron chi connectivity index (χ3n) is 5.49. The standard InChI is InChI=1S/C21H27N3/c1-5-15-8-16-9-17(10-19(16)18(15)7-6-14(2)3)20(11-22)21-12-23-13-24(21)4/h6-7,12-14,16,19H,5,8-10H2,1-4H3/b7-6-,20-17+. The second-order valence-corrected chi connectivity index (χ2v) is 7.47. The highest BCUT2D eigenvalue weighted by Crippen LogP contribution is 2.52. The molecule has 0 aliphatic heterocycles.